The number of benzene rings is 2. The van der Waals surface area contributed by atoms with Crippen LogP contribution in [0.5, 0.6) is 0 Å². The number of oxazole rings is 1. The highest BCUT2D eigenvalue weighted by Crippen LogP contribution is 2.21. The normalized spacial score (nSPS) is 10.7. The molecule has 0 radical (unpaired) electrons. The van der Waals surface area contributed by atoms with Crippen LogP contribution in [-0.4, -0.2) is 18.0 Å². The summed E-state index contributed by atoms with van der Waals surface area (Å²) in [7, 11) is 1.64. The molecule has 1 aromatic heterocycles. The van der Waals surface area contributed by atoms with E-state index in [1.807, 2.05) is 24.3 Å². The van der Waals surface area contributed by atoms with Crippen molar-refractivity contribution in [3.8, 4) is 11.3 Å². The van der Waals surface area contributed by atoms with Gasteiger partial charge in [-0.05, 0) is 35.4 Å². The Morgan fingerprint density at radius 2 is 1.89 bits per heavy atom. The van der Waals surface area contributed by atoms with Gasteiger partial charge in [-0.25, -0.2) is 9.37 Å². The number of ether oxygens (including phenoxy) is 1. The molecule has 2 aromatic carbocycles. The Balaban J connectivity index is 1.50. The van der Waals surface area contributed by atoms with Gasteiger partial charge in [0.2, 0.25) is 5.91 Å². The minimum Gasteiger partial charge on any atom is -0.441 e. The molecule has 0 spiro atoms. The van der Waals surface area contributed by atoms with Crippen LogP contribution in [0.1, 0.15) is 23.4 Å². The number of carbonyl (C=O) groups excluding carboxylic acids is 1. The minimum absolute atomic E-state index is 0.0799. The van der Waals surface area contributed by atoms with Crippen LogP contribution in [0.2, 0.25) is 0 Å². The van der Waals surface area contributed by atoms with Crippen LogP contribution in [0, 0.1) is 5.82 Å². The molecule has 0 unspecified atom stereocenters. The Morgan fingerprint density at radius 1 is 1.15 bits per heavy atom. The molecule has 0 aliphatic rings. The number of methoxy groups -OCH3 is 1. The molecule has 0 fully saturated rings. The maximum absolute atomic E-state index is 13.0. The zero-order valence-electron chi connectivity index (χ0n) is 15.1. The van der Waals surface area contributed by atoms with E-state index < -0.39 is 0 Å². The fraction of sp³-hybridized carbons (Fsp3) is 0.238. The summed E-state index contributed by atoms with van der Waals surface area (Å²) in [4.78, 5) is 16.3. The average molecular weight is 368 g/mol. The molecule has 0 aliphatic heterocycles. The van der Waals surface area contributed by atoms with Crippen LogP contribution in [-0.2, 0) is 29.1 Å². The second kappa shape index (κ2) is 9.09. The van der Waals surface area contributed by atoms with Crippen molar-refractivity contribution < 1.29 is 18.3 Å². The predicted molar refractivity (Wildman–Crippen MR) is 99.2 cm³/mol. The highest BCUT2D eigenvalue weighted by Gasteiger charge is 2.10. The van der Waals surface area contributed by atoms with E-state index in [9.17, 15) is 9.18 Å². The largest absolute Gasteiger partial charge is 0.441 e. The monoisotopic (exact) mass is 368 g/mol. The first kappa shape index (κ1) is 18.8. The number of hydrogen-bond acceptors (Lipinski definition) is 4. The topological polar surface area (TPSA) is 64.4 Å². The lowest BCUT2D eigenvalue weighted by Crippen LogP contribution is -2.23. The maximum Gasteiger partial charge on any atom is 0.220 e. The number of carbonyl (C=O) groups is 1. The third kappa shape index (κ3) is 5.24. The number of aryl methyl sites for hydroxylation is 1. The first-order valence-electron chi connectivity index (χ1n) is 8.69. The van der Waals surface area contributed by atoms with Gasteiger partial charge in [-0.15, -0.1) is 0 Å². The van der Waals surface area contributed by atoms with E-state index in [1.165, 1.54) is 12.1 Å². The van der Waals surface area contributed by atoms with Crippen molar-refractivity contribution in [1.29, 1.82) is 0 Å². The highest BCUT2D eigenvalue weighted by molar-refractivity contribution is 5.76. The van der Waals surface area contributed by atoms with Crippen molar-refractivity contribution in [2.75, 3.05) is 7.11 Å². The maximum atomic E-state index is 13.0. The van der Waals surface area contributed by atoms with Crippen molar-refractivity contribution in [3.63, 3.8) is 0 Å². The van der Waals surface area contributed by atoms with E-state index in [0.29, 0.717) is 31.2 Å². The lowest BCUT2D eigenvalue weighted by Gasteiger charge is -2.09. The Bertz CT molecular complexity index is 890. The summed E-state index contributed by atoms with van der Waals surface area (Å²) in [6.45, 7) is 0.958. The minimum atomic E-state index is -0.303. The molecular weight excluding hydrogens is 347 g/mol. The molecule has 1 N–H and O–H groups in total. The number of aromatic nitrogens is 1. The summed E-state index contributed by atoms with van der Waals surface area (Å²) in [6.07, 6.45) is 2.25. The van der Waals surface area contributed by atoms with Gasteiger partial charge >= 0.3 is 0 Å². The summed E-state index contributed by atoms with van der Waals surface area (Å²) in [5.74, 6) is 0.647. The third-order valence-corrected chi connectivity index (χ3v) is 4.14. The summed E-state index contributed by atoms with van der Waals surface area (Å²) < 4.78 is 23.8. The molecule has 1 heterocycles. The first-order chi connectivity index (χ1) is 13.2. The fourth-order valence-corrected chi connectivity index (χ4v) is 2.70. The summed E-state index contributed by atoms with van der Waals surface area (Å²) in [6, 6.07) is 13.8. The number of nitrogens with zero attached hydrogens (tertiary/aromatic N) is 1. The van der Waals surface area contributed by atoms with Gasteiger partial charge in [0.25, 0.3) is 0 Å². The van der Waals surface area contributed by atoms with Gasteiger partial charge in [-0.3, -0.25) is 4.79 Å². The van der Waals surface area contributed by atoms with E-state index >= 15 is 0 Å². The standard InChI is InChI=1S/C21H21FN2O3/c1-26-14-17-5-3-2-4-16(17)12-23-20(25)10-11-21-24-13-19(27-21)15-6-8-18(22)9-7-15/h2-9,13H,10-12,14H2,1H3,(H,23,25). The van der Waals surface area contributed by atoms with Gasteiger partial charge in [-0.2, -0.15) is 0 Å². The third-order valence-electron chi connectivity index (χ3n) is 4.14. The lowest BCUT2D eigenvalue weighted by atomic mass is 10.1. The number of rotatable bonds is 8. The van der Waals surface area contributed by atoms with Crippen LogP contribution in [0.25, 0.3) is 11.3 Å². The van der Waals surface area contributed by atoms with E-state index in [-0.39, 0.29) is 18.1 Å². The van der Waals surface area contributed by atoms with Crippen molar-refractivity contribution in [2.45, 2.75) is 26.0 Å². The van der Waals surface area contributed by atoms with Crippen LogP contribution < -0.4 is 5.32 Å². The van der Waals surface area contributed by atoms with Gasteiger partial charge in [0.1, 0.15) is 5.82 Å². The molecule has 3 aromatic rings. The van der Waals surface area contributed by atoms with Crippen LogP contribution in [0.4, 0.5) is 4.39 Å². The molecule has 1 amide bonds. The van der Waals surface area contributed by atoms with Crippen LogP contribution in [0.3, 0.4) is 0 Å². The van der Waals surface area contributed by atoms with Crippen molar-refractivity contribution in [2.24, 2.45) is 0 Å². The Hall–Kier alpha value is -2.99. The Labute approximate surface area is 157 Å². The zero-order chi connectivity index (χ0) is 19.1. The van der Waals surface area contributed by atoms with Gasteiger partial charge in [0.15, 0.2) is 11.7 Å². The molecule has 140 valence electrons. The first-order valence-corrected chi connectivity index (χ1v) is 8.69. The second-order valence-electron chi connectivity index (χ2n) is 6.10. The summed E-state index contributed by atoms with van der Waals surface area (Å²) >= 11 is 0. The van der Waals surface area contributed by atoms with E-state index in [4.69, 9.17) is 9.15 Å². The van der Waals surface area contributed by atoms with E-state index in [0.717, 1.165) is 16.7 Å². The highest BCUT2D eigenvalue weighted by atomic mass is 19.1. The van der Waals surface area contributed by atoms with Crippen molar-refractivity contribution in [3.05, 3.63) is 77.6 Å². The molecule has 0 atom stereocenters. The molecule has 27 heavy (non-hydrogen) atoms. The van der Waals surface area contributed by atoms with E-state index in [1.54, 1.807) is 25.4 Å². The molecule has 5 nitrogen and oxygen atoms in total. The van der Waals surface area contributed by atoms with Gasteiger partial charge in [0.05, 0.1) is 12.8 Å². The number of hydrogen-bond donors (Lipinski definition) is 1. The predicted octanol–water partition coefficient (Wildman–Crippen LogP) is 3.88. The Kier molecular flexibility index (Phi) is 6.33. The molecule has 0 aliphatic carbocycles. The van der Waals surface area contributed by atoms with Crippen LogP contribution in [0.15, 0.2) is 59.1 Å². The number of nitrogens with one attached hydrogen (secondary N) is 1. The van der Waals surface area contributed by atoms with Crippen molar-refractivity contribution in [1.82, 2.24) is 10.3 Å². The number of amides is 1. The van der Waals surface area contributed by atoms with Gasteiger partial charge in [0, 0.05) is 32.1 Å². The molecule has 6 heteroatoms. The molecular formula is C21H21FN2O3. The quantitative estimate of drug-likeness (QED) is 0.655. The second-order valence-corrected chi connectivity index (χ2v) is 6.10. The summed E-state index contributed by atoms with van der Waals surface area (Å²) in [5, 5.41) is 2.91. The average Bonchev–Trinajstić information content (AvgIpc) is 3.15. The van der Waals surface area contributed by atoms with Gasteiger partial charge < -0.3 is 14.5 Å². The van der Waals surface area contributed by atoms with Crippen molar-refractivity contribution >= 4 is 5.91 Å². The molecule has 0 bridgehead atoms. The molecule has 0 saturated heterocycles. The van der Waals surface area contributed by atoms with E-state index in [2.05, 4.69) is 10.3 Å². The fourth-order valence-electron chi connectivity index (χ4n) is 2.70. The molecule has 0 saturated carbocycles. The molecule has 3 rings (SSSR count). The lowest BCUT2D eigenvalue weighted by molar-refractivity contribution is -0.121. The van der Waals surface area contributed by atoms with Gasteiger partial charge in [-0.1, -0.05) is 24.3 Å². The zero-order valence-corrected chi connectivity index (χ0v) is 15.1. The number of halogens is 1. The van der Waals surface area contributed by atoms with Crippen LogP contribution >= 0.6 is 0 Å². The SMILES string of the molecule is COCc1ccccc1CNC(=O)CCc1ncc(-c2ccc(F)cc2)o1. The Morgan fingerprint density at radius 3 is 2.63 bits per heavy atom. The smallest absolute Gasteiger partial charge is 0.220 e. The summed E-state index contributed by atoms with van der Waals surface area (Å²) in [5.41, 5.74) is 2.83.